The van der Waals surface area contributed by atoms with E-state index in [0.717, 1.165) is 36.1 Å². The Kier molecular flexibility index (Phi) is 6.87. The summed E-state index contributed by atoms with van der Waals surface area (Å²) in [6.07, 6.45) is 13.6. The van der Waals surface area contributed by atoms with Crippen LogP contribution in [0.25, 0.3) is 0 Å². The van der Waals surface area contributed by atoms with Gasteiger partial charge in [0.2, 0.25) is 0 Å². The second-order valence-electron chi connectivity index (χ2n) is 7.88. The minimum atomic E-state index is 0.893. The van der Waals surface area contributed by atoms with Gasteiger partial charge in [-0.25, -0.2) is 0 Å². The molecule has 1 nitrogen and oxygen atoms in total. The van der Waals surface area contributed by atoms with Gasteiger partial charge in [0.1, 0.15) is 0 Å². The Morgan fingerprint density at radius 2 is 1.70 bits per heavy atom. The molecular weight excluding hydrogens is 242 g/mol. The van der Waals surface area contributed by atoms with Crippen molar-refractivity contribution in [2.75, 3.05) is 13.1 Å². The predicted octanol–water partition coefficient (Wildman–Crippen LogP) is 5.25. The van der Waals surface area contributed by atoms with Gasteiger partial charge in [-0.15, -0.1) is 0 Å². The molecule has 0 bridgehead atoms. The fourth-order valence-electron chi connectivity index (χ4n) is 4.71. The average molecular weight is 280 g/mol. The summed E-state index contributed by atoms with van der Waals surface area (Å²) >= 11 is 0. The first-order valence-electron chi connectivity index (χ1n) is 9.41. The zero-order valence-electron chi connectivity index (χ0n) is 14.2. The molecule has 0 aromatic rings. The number of hydrogen-bond acceptors (Lipinski definition) is 1. The van der Waals surface area contributed by atoms with Crippen LogP contribution in [0.3, 0.4) is 0 Å². The van der Waals surface area contributed by atoms with Crippen LogP contribution in [0.5, 0.6) is 0 Å². The summed E-state index contributed by atoms with van der Waals surface area (Å²) in [7, 11) is 0. The van der Waals surface area contributed by atoms with Gasteiger partial charge in [0.25, 0.3) is 0 Å². The Morgan fingerprint density at radius 3 is 2.35 bits per heavy atom. The van der Waals surface area contributed by atoms with Crippen LogP contribution in [0, 0.1) is 29.6 Å². The van der Waals surface area contributed by atoms with E-state index in [1.165, 1.54) is 57.9 Å². The van der Waals surface area contributed by atoms with E-state index in [-0.39, 0.29) is 0 Å². The van der Waals surface area contributed by atoms with Crippen molar-refractivity contribution in [3.8, 4) is 0 Å². The van der Waals surface area contributed by atoms with Gasteiger partial charge < -0.3 is 5.32 Å². The molecule has 1 heteroatoms. The highest BCUT2D eigenvalue weighted by atomic mass is 14.8. The molecule has 0 spiro atoms. The molecule has 0 aliphatic heterocycles. The molecule has 2 saturated carbocycles. The van der Waals surface area contributed by atoms with Gasteiger partial charge in [-0.3, -0.25) is 0 Å². The van der Waals surface area contributed by atoms with Crippen molar-refractivity contribution in [1.29, 1.82) is 0 Å². The summed E-state index contributed by atoms with van der Waals surface area (Å²) in [5.74, 6) is 4.93. The monoisotopic (exact) mass is 279 g/mol. The summed E-state index contributed by atoms with van der Waals surface area (Å²) in [6.45, 7) is 9.54. The van der Waals surface area contributed by atoms with Crippen LogP contribution >= 0.6 is 0 Å². The van der Waals surface area contributed by atoms with Crippen LogP contribution in [0.2, 0.25) is 0 Å². The van der Waals surface area contributed by atoms with Crippen LogP contribution in [0.4, 0.5) is 0 Å². The third-order valence-corrected chi connectivity index (χ3v) is 6.14. The predicted molar refractivity (Wildman–Crippen MR) is 88.9 cm³/mol. The zero-order chi connectivity index (χ0) is 14.4. The summed E-state index contributed by atoms with van der Waals surface area (Å²) in [4.78, 5) is 0. The third kappa shape index (κ3) is 4.76. The molecule has 2 aliphatic rings. The summed E-state index contributed by atoms with van der Waals surface area (Å²) in [6, 6.07) is 0. The van der Waals surface area contributed by atoms with Gasteiger partial charge in [-0.2, -0.15) is 0 Å². The molecule has 0 heterocycles. The lowest BCUT2D eigenvalue weighted by Gasteiger charge is -2.40. The van der Waals surface area contributed by atoms with Crippen molar-refractivity contribution in [2.24, 2.45) is 29.6 Å². The van der Waals surface area contributed by atoms with Crippen LogP contribution in [-0.2, 0) is 0 Å². The van der Waals surface area contributed by atoms with Gasteiger partial charge in [-0.05, 0) is 68.4 Å². The first kappa shape index (κ1) is 16.3. The van der Waals surface area contributed by atoms with Crippen LogP contribution in [0.1, 0.15) is 78.6 Å². The van der Waals surface area contributed by atoms with Gasteiger partial charge in [-0.1, -0.05) is 52.9 Å². The van der Waals surface area contributed by atoms with Crippen molar-refractivity contribution in [3.05, 3.63) is 0 Å². The largest absolute Gasteiger partial charge is 0.317 e. The van der Waals surface area contributed by atoms with E-state index in [1.54, 1.807) is 6.42 Å². The topological polar surface area (TPSA) is 12.0 Å². The van der Waals surface area contributed by atoms with Gasteiger partial charge >= 0.3 is 0 Å². The zero-order valence-corrected chi connectivity index (χ0v) is 14.2. The maximum absolute atomic E-state index is 3.63. The molecule has 2 fully saturated rings. The molecule has 2 aliphatic carbocycles. The van der Waals surface area contributed by atoms with E-state index in [2.05, 4.69) is 26.1 Å². The SMILES string of the molecule is CCNCC1CCC(C(C)C)CC1CC1CCCCC1. The summed E-state index contributed by atoms with van der Waals surface area (Å²) < 4.78 is 0. The van der Waals surface area contributed by atoms with Crippen molar-refractivity contribution in [1.82, 2.24) is 5.32 Å². The highest BCUT2D eigenvalue weighted by molar-refractivity contribution is 4.84. The minimum absolute atomic E-state index is 0.893. The van der Waals surface area contributed by atoms with E-state index in [0.29, 0.717) is 0 Å². The number of hydrogen-bond donors (Lipinski definition) is 1. The average Bonchev–Trinajstić information content (AvgIpc) is 2.47. The maximum atomic E-state index is 3.63. The van der Waals surface area contributed by atoms with E-state index in [1.807, 2.05) is 0 Å². The van der Waals surface area contributed by atoms with E-state index >= 15 is 0 Å². The number of nitrogens with one attached hydrogen (secondary N) is 1. The summed E-state index contributed by atoms with van der Waals surface area (Å²) in [5.41, 5.74) is 0. The Labute approximate surface area is 127 Å². The maximum Gasteiger partial charge on any atom is -0.00180 e. The first-order chi connectivity index (χ1) is 9.70. The van der Waals surface area contributed by atoms with E-state index in [4.69, 9.17) is 0 Å². The molecule has 20 heavy (non-hydrogen) atoms. The second kappa shape index (κ2) is 8.41. The van der Waals surface area contributed by atoms with Crippen molar-refractivity contribution in [3.63, 3.8) is 0 Å². The van der Waals surface area contributed by atoms with E-state index < -0.39 is 0 Å². The van der Waals surface area contributed by atoms with Gasteiger partial charge in [0.05, 0.1) is 0 Å². The lowest BCUT2D eigenvalue weighted by Crippen LogP contribution is -2.35. The molecule has 2 rings (SSSR count). The van der Waals surface area contributed by atoms with Crippen LogP contribution < -0.4 is 5.32 Å². The molecule has 3 atom stereocenters. The van der Waals surface area contributed by atoms with Gasteiger partial charge in [0, 0.05) is 0 Å². The normalized spacial score (nSPS) is 32.7. The Balaban J connectivity index is 1.89. The first-order valence-corrected chi connectivity index (χ1v) is 9.41. The Bertz CT molecular complexity index is 254. The summed E-state index contributed by atoms with van der Waals surface area (Å²) in [5, 5.41) is 3.63. The van der Waals surface area contributed by atoms with Crippen molar-refractivity contribution >= 4 is 0 Å². The highest BCUT2D eigenvalue weighted by Gasteiger charge is 2.33. The Hall–Kier alpha value is -0.0400. The number of rotatable bonds is 6. The van der Waals surface area contributed by atoms with E-state index in [9.17, 15) is 0 Å². The Morgan fingerprint density at radius 1 is 0.950 bits per heavy atom. The molecule has 0 amide bonds. The van der Waals surface area contributed by atoms with Gasteiger partial charge in [0.15, 0.2) is 0 Å². The van der Waals surface area contributed by atoms with Crippen molar-refractivity contribution < 1.29 is 0 Å². The van der Waals surface area contributed by atoms with Crippen molar-refractivity contribution in [2.45, 2.75) is 78.6 Å². The molecule has 1 N–H and O–H groups in total. The third-order valence-electron chi connectivity index (χ3n) is 6.14. The van der Waals surface area contributed by atoms with Crippen LogP contribution in [-0.4, -0.2) is 13.1 Å². The molecule has 0 saturated heterocycles. The molecule has 118 valence electrons. The standard InChI is InChI=1S/C19H37N/c1-4-20-14-18-11-10-17(15(2)3)13-19(18)12-16-8-6-5-7-9-16/h15-20H,4-14H2,1-3H3. The minimum Gasteiger partial charge on any atom is -0.317 e. The molecule has 0 radical (unpaired) electrons. The lowest BCUT2D eigenvalue weighted by atomic mass is 9.67. The smallest absolute Gasteiger partial charge is 0.00180 e. The van der Waals surface area contributed by atoms with Crippen LogP contribution in [0.15, 0.2) is 0 Å². The molecule has 0 aromatic heterocycles. The quantitative estimate of drug-likeness (QED) is 0.700. The molecular formula is C19H37N. The lowest BCUT2D eigenvalue weighted by molar-refractivity contribution is 0.115. The fraction of sp³-hybridized carbons (Fsp3) is 1.00. The molecule has 3 unspecified atom stereocenters. The second-order valence-corrected chi connectivity index (χ2v) is 7.88. The fourth-order valence-corrected chi connectivity index (χ4v) is 4.71. The molecule has 0 aromatic carbocycles. The highest BCUT2D eigenvalue weighted by Crippen LogP contribution is 2.42.